The highest BCUT2D eigenvalue weighted by molar-refractivity contribution is 5.98. The summed E-state index contributed by atoms with van der Waals surface area (Å²) in [4.78, 5) is 27.6. The molecule has 5 rings (SSSR count). The molecular weight excluding hydrogens is 379 g/mol. The molecule has 30 heavy (non-hydrogen) atoms. The average molecular weight is 404 g/mol. The highest BCUT2D eigenvalue weighted by atomic mass is 19.1. The standard InChI is InChI=1S/C25H25FN2O2/c26-21-13-20(25(30)28-9-7-17-3-1-2-4-18(17)8-10-28)14-22(15-21)27-24(29)23-12-16-5-6-19(23)11-16/h1-6,13-16,19,23H,7-12H2,(H,27,29)/t16-,19+,23+/m1/s1. The highest BCUT2D eigenvalue weighted by Crippen LogP contribution is 2.43. The van der Waals surface area contributed by atoms with E-state index < -0.39 is 5.82 Å². The molecule has 1 heterocycles. The fourth-order valence-corrected chi connectivity index (χ4v) is 5.16. The minimum Gasteiger partial charge on any atom is -0.338 e. The quantitative estimate of drug-likeness (QED) is 0.779. The van der Waals surface area contributed by atoms with Crippen molar-refractivity contribution in [3.8, 4) is 0 Å². The van der Waals surface area contributed by atoms with E-state index in [9.17, 15) is 14.0 Å². The lowest BCUT2D eigenvalue weighted by Gasteiger charge is -2.21. The van der Waals surface area contributed by atoms with Crippen molar-refractivity contribution in [3.63, 3.8) is 0 Å². The third kappa shape index (κ3) is 3.64. The lowest BCUT2D eigenvalue weighted by atomic mass is 9.93. The van der Waals surface area contributed by atoms with E-state index in [1.165, 1.54) is 23.3 Å². The molecule has 0 aromatic heterocycles. The number of anilines is 1. The molecule has 1 fully saturated rings. The summed E-state index contributed by atoms with van der Waals surface area (Å²) in [5.41, 5.74) is 3.16. The topological polar surface area (TPSA) is 49.4 Å². The maximum Gasteiger partial charge on any atom is 0.254 e. The summed E-state index contributed by atoms with van der Waals surface area (Å²) < 4.78 is 14.3. The molecule has 3 atom stereocenters. The second-order valence-electron chi connectivity index (χ2n) is 8.67. The van der Waals surface area contributed by atoms with Crippen LogP contribution in [0, 0.1) is 23.6 Å². The molecule has 0 unspecified atom stereocenters. The van der Waals surface area contributed by atoms with Gasteiger partial charge in [-0.2, -0.15) is 0 Å². The first-order chi connectivity index (χ1) is 14.6. The molecule has 0 radical (unpaired) electrons. The van der Waals surface area contributed by atoms with Gasteiger partial charge in [-0.15, -0.1) is 0 Å². The van der Waals surface area contributed by atoms with E-state index in [0.717, 1.165) is 25.7 Å². The van der Waals surface area contributed by atoms with Crippen molar-refractivity contribution in [2.45, 2.75) is 25.7 Å². The number of hydrogen-bond donors (Lipinski definition) is 1. The first-order valence-corrected chi connectivity index (χ1v) is 10.7. The molecule has 1 N–H and O–H groups in total. The van der Waals surface area contributed by atoms with E-state index in [1.807, 2.05) is 12.1 Å². The van der Waals surface area contributed by atoms with Crippen molar-refractivity contribution in [1.29, 1.82) is 0 Å². The van der Waals surface area contributed by atoms with Gasteiger partial charge in [0.15, 0.2) is 0 Å². The largest absolute Gasteiger partial charge is 0.338 e. The minimum atomic E-state index is -0.512. The van der Waals surface area contributed by atoms with E-state index in [4.69, 9.17) is 0 Å². The molecular formula is C25H25FN2O2. The molecule has 0 spiro atoms. The smallest absolute Gasteiger partial charge is 0.254 e. The molecule has 4 nitrogen and oxygen atoms in total. The van der Waals surface area contributed by atoms with Crippen LogP contribution in [0.5, 0.6) is 0 Å². The Hall–Kier alpha value is -2.95. The Morgan fingerprint density at radius 3 is 2.33 bits per heavy atom. The number of fused-ring (bicyclic) bond motifs is 3. The fourth-order valence-electron chi connectivity index (χ4n) is 5.16. The van der Waals surface area contributed by atoms with E-state index in [1.54, 1.807) is 11.0 Å². The summed E-state index contributed by atoms with van der Waals surface area (Å²) in [7, 11) is 0. The molecule has 5 heteroatoms. The Morgan fingerprint density at radius 2 is 1.70 bits per heavy atom. The summed E-state index contributed by atoms with van der Waals surface area (Å²) in [5, 5.41) is 2.85. The van der Waals surface area contributed by atoms with E-state index >= 15 is 0 Å². The van der Waals surface area contributed by atoms with Crippen LogP contribution in [0.15, 0.2) is 54.6 Å². The van der Waals surface area contributed by atoms with Crippen molar-refractivity contribution < 1.29 is 14.0 Å². The van der Waals surface area contributed by atoms with Crippen molar-refractivity contribution in [2.24, 2.45) is 17.8 Å². The Balaban J connectivity index is 1.30. The van der Waals surface area contributed by atoms with E-state index in [-0.39, 0.29) is 29.2 Å². The number of nitrogens with one attached hydrogen (secondary N) is 1. The molecule has 2 aromatic carbocycles. The summed E-state index contributed by atoms with van der Waals surface area (Å²) in [6.07, 6.45) is 7.77. The summed E-state index contributed by atoms with van der Waals surface area (Å²) in [5.74, 6) is -0.0821. The molecule has 2 bridgehead atoms. The summed E-state index contributed by atoms with van der Waals surface area (Å²) in [6, 6.07) is 12.4. The van der Waals surface area contributed by atoms with Crippen LogP contribution in [0.4, 0.5) is 10.1 Å². The summed E-state index contributed by atoms with van der Waals surface area (Å²) >= 11 is 0. The van der Waals surface area contributed by atoms with Crippen LogP contribution in [0.3, 0.4) is 0 Å². The Kier molecular flexibility index (Phi) is 4.89. The fraction of sp³-hybridized carbons (Fsp3) is 0.360. The van der Waals surface area contributed by atoms with Crippen LogP contribution < -0.4 is 5.32 Å². The van der Waals surface area contributed by atoms with Crippen molar-refractivity contribution in [3.05, 3.63) is 77.1 Å². The number of carbonyl (C=O) groups excluding carboxylic acids is 2. The SMILES string of the molecule is O=C(Nc1cc(F)cc(C(=O)N2CCc3ccccc3CC2)c1)[C@H]1C[C@@H]2C=C[C@H]1C2. The van der Waals surface area contributed by atoms with Crippen LogP contribution in [-0.4, -0.2) is 29.8 Å². The Bertz CT molecular complexity index is 1000. The molecule has 154 valence electrons. The van der Waals surface area contributed by atoms with Gasteiger partial charge < -0.3 is 10.2 Å². The van der Waals surface area contributed by atoms with Gasteiger partial charge in [-0.1, -0.05) is 36.4 Å². The van der Waals surface area contributed by atoms with Crippen molar-refractivity contribution in [1.82, 2.24) is 4.90 Å². The predicted molar refractivity (Wildman–Crippen MR) is 114 cm³/mol. The van der Waals surface area contributed by atoms with Gasteiger partial charge in [-0.05, 0) is 66.8 Å². The van der Waals surface area contributed by atoms with Gasteiger partial charge in [-0.3, -0.25) is 9.59 Å². The number of allylic oxidation sites excluding steroid dienone is 2. The zero-order chi connectivity index (χ0) is 20.7. The monoisotopic (exact) mass is 404 g/mol. The molecule has 2 aromatic rings. The molecule has 1 aliphatic heterocycles. The van der Waals surface area contributed by atoms with Gasteiger partial charge in [0, 0.05) is 30.3 Å². The highest BCUT2D eigenvalue weighted by Gasteiger charge is 2.39. The van der Waals surface area contributed by atoms with Crippen molar-refractivity contribution >= 4 is 17.5 Å². The second-order valence-corrected chi connectivity index (χ2v) is 8.67. The van der Waals surface area contributed by atoms with E-state index in [0.29, 0.717) is 24.7 Å². The Morgan fingerprint density at radius 1 is 0.967 bits per heavy atom. The third-order valence-electron chi connectivity index (χ3n) is 6.74. The third-order valence-corrected chi connectivity index (χ3v) is 6.74. The minimum absolute atomic E-state index is 0.0634. The number of benzene rings is 2. The van der Waals surface area contributed by atoms with Crippen LogP contribution >= 0.6 is 0 Å². The van der Waals surface area contributed by atoms with Gasteiger partial charge in [0.1, 0.15) is 5.82 Å². The number of hydrogen-bond acceptors (Lipinski definition) is 2. The number of rotatable bonds is 3. The van der Waals surface area contributed by atoms with Gasteiger partial charge >= 0.3 is 0 Å². The van der Waals surface area contributed by atoms with Gasteiger partial charge in [0.25, 0.3) is 5.91 Å². The van der Waals surface area contributed by atoms with Gasteiger partial charge in [0.05, 0.1) is 0 Å². The number of carbonyl (C=O) groups is 2. The van der Waals surface area contributed by atoms with E-state index in [2.05, 4.69) is 29.6 Å². The maximum absolute atomic E-state index is 14.3. The van der Waals surface area contributed by atoms with Gasteiger partial charge in [0.2, 0.25) is 5.91 Å². The molecule has 1 saturated carbocycles. The maximum atomic E-state index is 14.3. The molecule has 2 aliphatic carbocycles. The average Bonchev–Trinajstić information content (AvgIpc) is 3.31. The van der Waals surface area contributed by atoms with Crippen molar-refractivity contribution in [2.75, 3.05) is 18.4 Å². The van der Waals surface area contributed by atoms with Crippen LogP contribution in [-0.2, 0) is 17.6 Å². The van der Waals surface area contributed by atoms with Gasteiger partial charge in [-0.25, -0.2) is 4.39 Å². The lowest BCUT2D eigenvalue weighted by molar-refractivity contribution is -0.120. The first kappa shape index (κ1) is 19.0. The first-order valence-electron chi connectivity index (χ1n) is 10.7. The lowest BCUT2D eigenvalue weighted by Crippen LogP contribution is -2.33. The number of halogens is 1. The predicted octanol–water partition coefficient (Wildman–Crippen LogP) is 4.22. The van der Waals surface area contributed by atoms with Crippen LogP contribution in [0.25, 0.3) is 0 Å². The normalized spacial score (nSPS) is 24.4. The number of amides is 2. The molecule has 3 aliphatic rings. The summed E-state index contributed by atoms with van der Waals surface area (Å²) in [6.45, 7) is 1.21. The Labute approximate surface area is 175 Å². The zero-order valence-corrected chi connectivity index (χ0v) is 16.8. The number of nitrogens with zero attached hydrogens (tertiary/aromatic N) is 1. The molecule has 2 amide bonds. The zero-order valence-electron chi connectivity index (χ0n) is 16.8. The van der Waals surface area contributed by atoms with Crippen LogP contribution in [0.2, 0.25) is 0 Å². The van der Waals surface area contributed by atoms with Crippen LogP contribution in [0.1, 0.15) is 34.3 Å². The molecule has 0 saturated heterocycles. The second kappa shape index (κ2) is 7.71.